The highest BCUT2D eigenvalue weighted by atomic mass is 32.1. The summed E-state index contributed by atoms with van der Waals surface area (Å²) < 4.78 is 38.0. The van der Waals surface area contributed by atoms with E-state index in [1.165, 1.54) is 6.07 Å². The Morgan fingerprint density at radius 2 is 1.89 bits per heavy atom. The van der Waals surface area contributed by atoms with Gasteiger partial charge in [-0.25, -0.2) is 4.98 Å². The molecule has 0 saturated heterocycles. The highest BCUT2D eigenvalue weighted by molar-refractivity contribution is 7.71. The summed E-state index contributed by atoms with van der Waals surface area (Å²) in [6.45, 7) is 3.76. The number of aromatic nitrogens is 2. The van der Waals surface area contributed by atoms with Gasteiger partial charge >= 0.3 is 6.18 Å². The highest BCUT2D eigenvalue weighted by Crippen LogP contribution is 2.29. The first-order chi connectivity index (χ1) is 8.79. The predicted molar refractivity (Wildman–Crippen MR) is 69.3 cm³/mol. The number of alkyl halides is 3. The Hall–Kier alpha value is -1.69. The Balaban J connectivity index is 2.67. The second-order valence-electron chi connectivity index (χ2n) is 4.23. The standard InChI is InChI=1S/C13H11F3N2S/c1-7-4-3-5-9(8(7)2)10-6-11(19)18-12(17-10)13(14,15)16/h3-6H,1-2H3,(H,17,18,19). The molecule has 0 bridgehead atoms. The normalized spacial score (nSPS) is 11.6. The van der Waals surface area contributed by atoms with Crippen LogP contribution in [0, 0.1) is 18.5 Å². The lowest BCUT2D eigenvalue weighted by Gasteiger charge is -2.11. The molecular formula is C13H11F3N2S. The van der Waals surface area contributed by atoms with Crippen molar-refractivity contribution in [1.82, 2.24) is 9.97 Å². The fraction of sp³-hybridized carbons (Fsp3) is 0.231. The molecule has 0 saturated carbocycles. The fourth-order valence-electron chi connectivity index (χ4n) is 1.78. The van der Waals surface area contributed by atoms with Crippen molar-refractivity contribution in [1.29, 1.82) is 0 Å². The van der Waals surface area contributed by atoms with Crippen molar-refractivity contribution in [3.63, 3.8) is 0 Å². The van der Waals surface area contributed by atoms with Gasteiger partial charge in [-0.1, -0.05) is 30.4 Å². The van der Waals surface area contributed by atoms with Crippen LogP contribution in [0.4, 0.5) is 13.2 Å². The number of nitrogens with one attached hydrogen (secondary N) is 1. The van der Waals surface area contributed by atoms with Gasteiger partial charge in [-0.2, -0.15) is 13.2 Å². The van der Waals surface area contributed by atoms with Crippen LogP contribution in [0.5, 0.6) is 0 Å². The Morgan fingerprint density at radius 3 is 2.53 bits per heavy atom. The van der Waals surface area contributed by atoms with E-state index in [0.29, 0.717) is 11.3 Å². The minimum Gasteiger partial charge on any atom is -0.335 e. The molecular weight excluding hydrogens is 273 g/mol. The first-order valence-corrected chi connectivity index (χ1v) is 5.95. The van der Waals surface area contributed by atoms with E-state index in [2.05, 4.69) is 9.97 Å². The van der Waals surface area contributed by atoms with E-state index in [4.69, 9.17) is 12.2 Å². The number of aromatic amines is 1. The molecule has 0 fully saturated rings. The van der Waals surface area contributed by atoms with Gasteiger partial charge in [0, 0.05) is 5.56 Å². The lowest BCUT2D eigenvalue weighted by atomic mass is 10.0. The molecule has 0 spiro atoms. The fourth-order valence-corrected chi connectivity index (χ4v) is 1.99. The van der Waals surface area contributed by atoms with Gasteiger partial charge in [0.05, 0.1) is 5.69 Å². The van der Waals surface area contributed by atoms with Crippen molar-refractivity contribution in [2.45, 2.75) is 20.0 Å². The molecule has 2 rings (SSSR count). The highest BCUT2D eigenvalue weighted by Gasteiger charge is 2.34. The molecule has 1 heterocycles. The molecule has 0 atom stereocenters. The Kier molecular flexibility index (Phi) is 3.45. The third-order valence-corrected chi connectivity index (χ3v) is 3.12. The molecule has 100 valence electrons. The van der Waals surface area contributed by atoms with Crippen molar-refractivity contribution < 1.29 is 13.2 Å². The van der Waals surface area contributed by atoms with E-state index in [1.807, 2.05) is 19.9 Å². The van der Waals surface area contributed by atoms with Gasteiger partial charge in [0.1, 0.15) is 4.64 Å². The molecule has 2 aromatic rings. The van der Waals surface area contributed by atoms with Crippen molar-refractivity contribution in [2.75, 3.05) is 0 Å². The molecule has 1 aromatic heterocycles. The van der Waals surface area contributed by atoms with Crippen molar-refractivity contribution >= 4 is 12.2 Å². The molecule has 6 heteroatoms. The first-order valence-electron chi connectivity index (χ1n) is 5.54. The van der Waals surface area contributed by atoms with Gasteiger partial charge in [0.15, 0.2) is 0 Å². The van der Waals surface area contributed by atoms with Crippen LogP contribution in [0.15, 0.2) is 24.3 Å². The van der Waals surface area contributed by atoms with E-state index in [0.717, 1.165) is 11.1 Å². The summed E-state index contributed by atoms with van der Waals surface area (Å²) in [7, 11) is 0. The summed E-state index contributed by atoms with van der Waals surface area (Å²) in [4.78, 5) is 5.62. The van der Waals surface area contributed by atoms with E-state index in [1.54, 1.807) is 12.1 Å². The molecule has 19 heavy (non-hydrogen) atoms. The molecule has 2 nitrogen and oxygen atoms in total. The van der Waals surface area contributed by atoms with E-state index in [-0.39, 0.29) is 4.64 Å². The van der Waals surface area contributed by atoms with Crippen LogP contribution in [-0.4, -0.2) is 9.97 Å². The van der Waals surface area contributed by atoms with Crippen molar-refractivity contribution in [3.05, 3.63) is 45.9 Å². The summed E-state index contributed by atoms with van der Waals surface area (Å²) >= 11 is 4.80. The maximum atomic E-state index is 12.7. The largest absolute Gasteiger partial charge is 0.449 e. The maximum absolute atomic E-state index is 12.7. The third kappa shape index (κ3) is 2.84. The van der Waals surface area contributed by atoms with Gasteiger partial charge in [-0.05, 0) is 31.0 Å². The number of hydrogen-bond acceptors (Lipinski definition) is 2. The predicted octanol–water partition coefficient (Wildman–Crippen LogP) is 4.44. The Morgan fingerprint density at radius 1 is 1.21 bits per heavy atom. The first kappa shape index (κ1) is 13.7. The Labute approximate surface area is 113 Å². The molecule has 0 unspecified atom stereocenters. The van der Waals surface area contributed by atoms with Gasteiger partial charge in [0.2, 0.25) is 5.82 Å². The summed E-state index contributed by atoms with van der Waals surface area (Å²) in [5, 5.41) is 0. The minimum absolute atomic E-state index is 0.0815. The molecule has 0 amide bonds. The zero-order valence-corrected chi connectivity index (χ0v) is 11.1. The van der Waals surface area contributed by atoms with E-state index < -0.39 is 12.0 Å². The minimum atomic E-state index is -4.54. The number of aryl methyl sites for hydroxylation is 1. The summed E-state index contributed by atoms with van der Waals surface area (Å²) in [6, 6.07) is 6.89. The molecule has 0 aliphatic carbocycles. The number of hydrogen-bond donors (Lipinski definition) is 1. The van der Waals surface area contributed by atoms with Gasteiger partial charge in [0.25, 0.3) is 0 Å². The van der Waals surface area contributed by atoms with E-state index >= 15 is 0 Å². The summed E-state index contributed by atoms with van der Waals surface area (Å²) in [5.41, 5.74) is 2.93. The number of H-pyrrole nitrogens is 1. The molecule has 0 aliphatic rings. The average Bonchev–Trinajstić information content (AvgIpc) is 2.31. The molecule has 0 aliphatic heterocycles. The summed E-state index contributed by atoms with van der Waals surface area (Å²) in [5.74, 6) is -1.07. The SMILES string of the molecule is Cc1cccc(-c2cc(=S)nc(C(F)(F)F)[nH]2)c1C. The zero-order chi connectivity index (χ0) is 14.2. The lowest BCUT2D eigenvalue weighted by Crippen LogP contribution is -2.11. The van der Waals surface area contributed by atoms with Gasteiger partial charge < -0.3 is 4.98 Å². The molecule has 1 aromatic carbocycles. The number of benzene rings is 1. The third-order valence-electron chi connectivity index (χ3n) is 2.91. The second kappa shape index (κ2) is 4.77. The quantitative estimate of drug-likeness (QED) is 0.784. The Bertz CT molecular complexity index is 674. The van der Waals surface area contributed by atoms with Crippen LogP contribution in [0.2, 0.25) is 0 Å². The van der Waals surface area contributed by atoms with Crippen LogP contribution < -0.4 is 0 Å². The van der Waals surface area contributed by atoms with Gasteiger partial charge in [-0.3, -0.25) is 0 Å². The zero-order valence-electron chi connectivity index (χ0n) is 10.3. The average molecular weight is 284 g/mol. The summed E-state index contributed by atoms with van der Waals surface area (Å²) in [6.07, 6.45) is -4.54. The second-order valence-corrected chi connectivity index (χ2v) is 4.65. The number of nitrogens with zero attached hydrogens (tertiary/aromatic N) is 1. The number of halogens is 3. The maximum Gasteiger partial charge on any atom is 0.449 e. The van der Waals surface area contributed by atoms with Crippen LogP contribution in [0.25, 0.3) is 11.3 Å². The van der Waals surface area contributed by atoms with Crippen LogP contribution in [-0.2, 0) is 6.18 Å². The van der Waals surface area contributed by atoms with Crippen molar-refractivity contribution in [2.24, 2.45) is 0 Å². The molecule has 0 radical (unpaired) electrons. The van der Waals surface area contributed by atoms with Crippen LogP contribution in [0.1, 0.15) is 17.0 Å². The smallest absolute Gasteiger partial charge is 0.335 e. The lowest BCUT2D eigenvalue weighted by molar-refractivity contribution is -0.144. The van der Waals surface area contributed by atoms with Crippen LogP contribution >= 0.6 is 12.2 Å². The van der Waals surface area contributed by atoms with Crippen LogP contribution in [0.3, 0.4) is 0 Å². The monoisotopic (exact) mass is 284 g/mol. The topological polar surface area (TPSA) is 28.7 Å². The number of rotatable bonds is 1. The van der Waals surface area contributed by atoms with Crippen molar-refractivity contribution in [3.8, 4) is 11.3 Å². The van der Waals surface area contributed by atoms with E-state index in [9.17, 15) is 13.2 Å². The molecule has 1 N–H and O–H groups in total. The van der Waals surface area contributed by atoms with Gasteiger partial charge in [-0.15, -0.1) is 0 Å².